The number of rotatable bonds is 1. The second-order valence-corrected chi connectivity index (χ2v) is 3.97. The van der Waals surface area contributed by atoms with Crippen LogP contribution in [0.25, 0.3) is 0 Å². The van der Waals surface area contributed by atoms with E-state index in [0.29, 0.717) is 6.04 Å². The SMILES string of the molecule is CCC1=CC=C2CC(N)CC2=CC1. The van der Waals surface area contributed by atoms with Crippen molar-refractivity contribution in [3.63, 3.8) is 0 Å². The standard InChI is InChI=1S/C12H17N/c1-2-9-3-5-10-7-12(13)8-11(10)6-4-9/h3,5-6,12H,2,4,7-8,13H2,1H3. The number of hydrogen-bond donors (Lipinski definition) is 1. The van der Waals surface area contributed by atoms with E-state index in [1.165, 1.54) is 23.1 Å². The van der Waals surface area contributed by atoms with Crippen molar-refractivity contribution < 1.29 is 0 Å². The smallest absolute Gasteiger partial charge is 0.0120 e. The van der Waals surface area contributed by atoms with Gasteiger partial charge >= 0.3 is 0 Å². The molecule has 1 nitrogen and oxygen atoms in total. The predicted molar refractivity (Wildman–Crippen MR) is 56.4 cm³/mol. The average Bonchev–Trinajstić information content (AvgIpc) is 2.37. The molecule has 0 aromatic carbocycles. The van der Waals surface area contributed by atoms with Gasteiger partial charge in [-0.2, -0.15) is 0 Å². The molecule has 0 heterocycles. The van der Waals surface area contributed by atoms with Crippen molar-refractivity contribution >= 4 is 0 Å². The van der Waals surface area contributed by atoms with E-state index in [9.17, 15) is 0 Å². The maximum atomic E-state index is 5.91. The summed E-state index contributed by atoms with van der Waals surface area (Å²) in [6, 6.07) is 0.370. The molecule has 1 saturated carbocycles. The summed E-state index contributed by atoms with van der Waals surface area (Å²) in [5.74, 6) is 0. The van der Waals surface area contributed by atoms with Gasteiger partial charge in [0.05, 0.1) is 0 Å². The predicted octanol–water partition coefficient (Wildman–Crippen LogP) is 2.70. The van der Waals surface area contributed by atoms with Crippen LogP contribution in [0.1, 0.15) is 32.6 Å². The minimum Gasteiger partial charge on any atom is -0.327 e. The Bertz CT molecular complexity index is 294. The Kier molecular flexibility index (Phi) is 2.36. The van der Waals surface area contributed by atoms with E-state index in [0.717, 1.165) is 19.3 Å². The Morgan fingerprint density at radius 1 is 1.31 bits per heavy atom. The summed E-state index contributed by atoms with van der Waals surface area (Å²) in [6.07, 6.45) is 11.3. The van der Waals surface area contributed by atoms with Crippen LogP contribution in [-0.4, -0.2) is 6.04 Å². The van der Waals surface area contributed by atoms with Gasteiger partial charge in [0.1, 0.15) is 0 Å². The Morgan fingerprint density at radius 3 is 2.85 bits per heavy atom. The van der Waals surface area contributed by atoms with Crippen molar-refractivity contribution in [1.82, 2.24) is 0 Å². The molecule has 1 atom stereocenters. The molecule has 1 heteroatoms. The summed E-state index contributed by atoms with van der Waals surface area (Å²) in [5, 5.41) is 0. The quantitative estimate of drug-likeness (QED) is 0.651. The van der Waals surface area contributed by atoms with E-state index in [1.54, 1.807) is 0 Å². The van der Waals surface area contributed by atoms with Crippen LogP contribution < -0.4 is 5.73 Å². The molecule has 70 valence electrons. The lowest BCUT2D eigenvalue weighted by molar-refractivity contribution is 0.734. The fourth-order valence-corrected chi connectivity index (χ4v) is 2.09. The van der Waals surface area contributed by atoms with Gasteiger partial charge in [-0.25, -0.2) is 0 Å². The van der Waals surface area contributed by atoms with Gasteiger partial charge in [-0.05, 0) is 36.8 Å². The van der Waals surface area contributed by atoms with Crippen LogP contribution in [0.5, 0.6) is 0 Å². The second-order valence-electron chi connectivity index (χ2n) is 3.97. The molecule has 0 aromatic rings. The molecule has 2 aliphatic rings. The molecule has 0 aromatic heterocycles. The molecule has 0 bridgehead atoms. The Labute approximate surface area is 80.0 Å². The van der Waals surface area contributed by atoms with Gasteiger partial charge in [-0.1, -0.05) is 30.7 Å². The number of nitrogens with two attached hydrogens (primary N) is 1. The first-order valence-electron chi connectivity index (χ1n) is 5.13. The topological polar surface area (TPSA) is 26.0 Å². The molecular weight excluding hydrogens is 158 g/mol. The van der Waals surface area contributed by atoms with Crippen molar-refractivity contribution in [3.8, 4) is 0 Å². The van der Waals surface area contributed by atoms with Crippen LogP contribution in [0.3, 0.4) is 0 Å². The molecular formula is C12H17N. The summed E-state index contributed by atoms with van der Waals surface area (Å²) in [6.45, 7) is 2.22. The van der Waals surface area contributed by atoms with E-state index in [2.05, 4.69) is 25.2 Å². The van der Waals surface area contributed by atoms with Gasteiger partial charge in [0, 0.05) is 6.04 Å². The summed E-state index contributed by atoms with van der Waals surface area (Å²) in [7, 11) is 0. The van der Waals surface area contributed by atoms with Gasteiger partial charge in [-0.3, -0.25) is 0 Å². The molecule has 0 aliphatic heterocycles. The first-order valence-corrected chi connectivity index (χ1v) is 5.13. The van der Waals surface area contributed by atoms with Crippen LogP contribution in [-0.2, 0) is 0 Å². The highest BCUT2D eigenvalue weighted by molar-refractivity contribution is 5.42. The highest BCUT2D eigenvalue weighted by Gasteiger charge is 2.20. The van der Waals surface area contributed by atoms with Crippen molar-refractivity contribution in [2.45, 2.75) is 38.6 Å². The first kappa shape index (κ1) is 8.76. The number of hydrogen-bond acceptors (Lipinski definition) is 1. The third kappa shape index (κ3) is 1.75. The lowest BCUT2D eigenvalue weighted by atomic mass is 10.1. The van der Waals surface area contributed by atoms with Crippen molar-refractivity contribution in [1.29, 1.82) is 0 Å². The zero-order valence-corrected chi connectivity index (χ0v) is 8.22. The van der Waals surface area contributed by atoms with Crippen LogP contribution in [0.15, 0.2) is 34.9 Å². The van der Waals surface area contributed by atoms with Gasteiger partial charge in [0.15, 0.2) is 0 Å². The summed E-state index contributed by atoms with van der Waals surface area (Å²) < 4.78 is 0. The Hall–Kier alpha value is -0.820. The normalized spacial score (nSPS) is 27.2. The fourth-order valence-electron chi connectivity index (χ4n) is 2.09. The van der Waals surface area contributed by atoms with Crippen molar-refractivity contribution in [3.05, 3.63) is 34.9 Å². The van der Waals surface area contributed by atoms with E-state index >= 15 is 0 Å². The lowest BCUT2D eigenvalue weighted by Crippen LogP contribution is -2.13. The highest BCUT2D eigenvalue weighted by Crippen LogP contribution is 2.32. The molecule has 1 fully saturated rings. The maximum absolute atomic E-state index is 5.91. The molecule has 0 spiro atoms. The van der Waals surface area contributed by atoms with E-state index in [4.69, 9.17) is 5.73 Å². The summed E-state index contributed by atoms with van der Waals surface area (Å²) >= 11 is 0. The molecule has 0 amide bonds. The van der Waals surface area contributed by atoms with E-state index < -0.39 is 0 Å². The minimum atomic E-state index is 0.370. The largest absolute Gasteiger partial charge is 0.327 e. The number of fused-ring (bicyclic) bond motifs is 1. The van der Waals surface area contributed by atoms with Crippen molar-refractivity contribution in [2.75, 3.05) is 0 Å². The first-order chi connectivity index (χ1) is 6.29. The zero-order chi connectivity index (χ0) is 9.26. The average molecular weight is 175 g/mol. The van der Waals surface area contributed by atoms with Crippen LogP contribution in [0.2, 0.25) is 0 Å². The van der Waals surface area contributed by atoms with Crippen LogP contribution >= 0.6 is 0 Å². The maximum Gasteiger partial charge on any atom is 0.0120 e. The van der Waals surface area contributed by atoms with Gasteiger partial charge in [-0.15, -0.1) is 0 Å². The third-order valence-corrected chi connectivity index (χ3v) is 2.96. The van der Waals surface area contributed by atoms with Gasteiger partial charge in [0.25, 0.3) is 0 Å². The minimum absolute atomic E-state index is 0.370. The molecule has 0 saturated heterocycles. The summed E-state index contributed by atoms with van der Waals surface area (Å²) in [5.41, 5.74) is 10.4. The molecule has 2 N–H and O–H groups in total. The van der Waals surface area contributed by atoms with Crippen LogP contribution in [0, 0.1) is 0 Å². The summed E-state index contributed by atoms with van der Waals surface area (Å²) in [4.78, 5) is 0. The van der Waals surface area contributed by atoms with Crippen molar-refractivity contribution in [2.24, 2.45) is 5.73 Å². The second kappa shape index (κ2) is 3.51. The zero-order valence-electron chi connectivity index (χ0n) is 8.22. The van der Waals surface area contributed by atoms with E-state index in [1.807, 2.05) is 0 Å². The Morgan fingerprint density at radius 2 is 2.08 bits per heavy atom. The lowest BCUT2D eigenvalue weighted by Gasteiger charge is -1.98. The van der Waals surface area contributed by atoms with Crippen LogP contribution in [0.4, 0.5) is 0 Å². The monoisotopic (exact) mass is 175 g/mol. The third-order valence-electron chi connectivity index (χ3n) is 2.96. The highest BCUT2D eigenvalue weighted by atomic mass is 14.6. The van der Waals surface area contributed by atoms with Gasteiger partial charge in [0.2, 0.25) is 0 Å². The van der Waals surface area contributed by atoms with Gasteiger partial charge < -0.3 is 5.73 Å². The molecule has 13 heavy (non-hydrogen) atoms. The Balaban J connectivity index is 2.24. The molecule has 0 radical (unpaired) electrons. The molecule has 1 unspecified atom stereocenters. The van der Waals surface area contributed by atoms with E-state index in [-0.39, 0.29) is 0 Å². The number of allylic oxidation sites excluding steroid dienone is 4. The molecule has 2 aliphatic carbocycles. The fraction of sp³-hybridized carbons (Fsp3) is 0.500. The molecule has 2 rings (SSSR count).